The SMILES string of the molecule is CC[C@H]1OC(=O)N(C)C(=O)[C@H](C)C[C@](C)(CC#Cc2ccc(C=NOCc3cccc4ccccc34)s2)C[C@@H](C)[N+]2=CCCC3C(=O)O[C@@]1(C)[C@H]3[C@H]2C. The zero-order chi connectivity index (χ0) is 37.9. The number of hydrogen-bond acceptors (Lipinski definition) is 8. The van der Waals surface area contributed by atoms with Gasteiger partial charge in [0.15, 0.2) is 11.6 Å². The molecule has 2 fully saturated rings. The zero-order valence-electron chi connectivity index (χ0n) is 32.0. The van der Waals surface area contributed by atoms with Crippen LogP contribution in [-0.2, 0) is 30.5 Å². The first-order valence-electron chi connectivity index (χ1n) is 18.9. The molecule has 0 N–H and O–H groups in total. The number of nitrogens with zero attached hydrogens (tertiary/aromatic N) is 3. The molecule has 0 radical (unpaired) electrons. The van der Waals surface area contributed by atoms with Crippen LogP contribution in [-0.4, -0.2) is 70.7 Å². The molecular formula is C43H52N3O6S+. The number of benzene rings is 2. The smallest absolute Gasteiger partial charge is 0.416 e. The standard InChI is InChI=1S/C43H52N3O6S/c1-8-37-43(6)38-30(4)46(23-13-19-36(38)40(48)52-43)29(3)25-42(5,24-28(2)39(47)45(7)41(49)51-37)22-12-17-33-20-21-34(53-33)26-44-50-27-32-16-11-15-31-14-9-10-18-35(31)32/h9-11,14-16,18,20-21,23,26,28-30,36-38H,8,13,19,22,24-25,27H2,1-7H3/q+1/t28-,29-,30-,36?,37-,38+,42+,43-/m1/s1. The maximum atomic E-state index is 13.7. The molecule has 2 bridgehead atoms. The fourth-order valence-corrected chi connectivity index (χ4v) is 9.93. The second-order valence-corrected chi connectivity index (χ2v) is 16.8. The van der Waals surface area contributed by atoms with Crippen LogP contribution in [0.3, 0.4) is 0 Å². The quantitative estimate of drug-likeness (QED) is 0.0832. The average Bonchev–Trinajstić information content (AvgIpc) is 3.63. The van der Waals surface area contributed by atoms with Gasteiger partial charge in [-0.15, -0.1) is 11.3 Å². The fourth-order valence-electron chi connectivity index (χ4n) is 9.18. The largest absolute Gasteiger partial charge is 0.455 e. The Bertz CT molecular complexity index is 1970. The second-order valence-electron chi connectivity index (χ2n) is 15.7. The molecule has 8 atom stereocenters. The Labute approximate surface area is 317 Å². The summed E-state index contributed by atoms with van der Waals surface area (Å²) in [5.74, 6) is 5.33. The minimum Gasteiger partial charge on any atom is -0.455 e. The van der Waals surface area contributed by atoms with Crippen molar-refractivity contribution in [2.45, 2.75) is 110 Å². The highest BCUT2D eigenvalue weighted by Gasteiger charge is 2.62. The second kappa shape index (κ2) is 15.9. The third kappa shape index (κ3) is 8.06. The number of cyclic esters (lactones) is 1. The Kier molecular flexibility index (Phi) is 11.4. The molecule has 6 rings (SSSR count). The first-order valence-corrected chi connectivity index (χ1v) is 19.7. The van der Waals surface area contributed by atoms with Crippen molar-refractivity contribution in [1.29, 1.82) is 0 Å². The van der Waals surface area contributed by atoms with Crippen LogP contribution in [0, 0.1) is 35.0 Å². The van der Waals surface area contributed by atoms with Gasteiger partial charge in [-0.2, -0.15) is 0 Å². The van der Waals surface area contributed by atoms with E-state index < -0.39 is 23.7 Å². The van der Waals surface area contributed by atoms with Gasteiger partial charge in [-0.3, -0.25) is 14.5 Å². The van der Waals surface area contributed by atoms with E-state index in [0.29, 0.717) is 32.3 Å². The summed E-state index contributed by atoms with van der Waals surface area (Å²) in [5.41, 5.74) is -0.299. The van der Waals surface area contributed by atoms with Gasteiger partial charge in [0.1, 0.15) is 25.0 Å². The normalized spacial score (nSPS) is 30.9. The molecule has 0 aliphatic carbocycles. The summed E-state index contributed by atoms with van der Waals surface area (Å²) in [7, 11) is 1.47. The van der Waals surface area contributed by atoms with Crippen molar-refractivity contribution in [3.05, 3.63) is 69.9 Å². The van der Waals surface area contributed by atoms with Gasteiger partial charge in [0.2, 0.25) is 5.91 Å². The highest BCUT2D eigenvalue weighted by atomic mass is 32.1. The van der Waals surface area contributed by atoms with Gasteiger partial charge in [-0.05, 0) is 73.9 Å². The van der Waals surface area contributed by atoms with E-state index >= 15 is 0 Å². The van der Waals surface area contributed by atoms with Gasteiger partial charge < -0.3 is 14.3 Å². The van der Waals surface area contributed by atoms with Crippen molar-refractivity contribution in [3.8, 4) is 11.8 Å². The lowest BCUT2D eigenvalue weighted by Gasteiger charge is -2.40. The number of hydrogen-bond donors (Lipinski definition) is 0. The molecule has 10 heteroatoms. The number of amides is 2. The Morgan fingerprint density at radius 3 is 2.62 bits per heavy atom. The van der Waals surface area contributed by atoms with E-state index in [1.54, 1.807) is 17.6 Å². The number of imide groups is 1. The maximum absolute atomic E-state index is 13.7. The summed E-state index contributed by atoms with van der Waals surface area (Å²) >= 11 is 1.55. The van der Waals surface area contributed by atoms with Crippen LogP contribution in [0.2, 0.25) is 0 Å². The van der Waals surface area contributed by atoms with E-state index in [0.717, 1.165) is 38.4 Å². The van der Waals surface area contributed by atoms with Crippen molar-refractivity contribution < 1.29 is 33.3 Å². The third-order valence-corrected chi connectivity index (χ3v) is 12.5. The van der Waals surface area contributed by atoms with Crippen LogP contribution in [0.5, 0.6) is 0 Å². The maximum Gasteiger partial charge on any atom is 0.416 e. The molecule has 1 unspecified atom stereocenters. The molecule has 2 amide bonds. The molecule has 280 valence electrons. The first-order chi connectivity index (χ1) is 25.3. The van der Waals surface area contributed by atoms with E-state index in [1.165, 1.54) is 12.4 Å². The topological polar surface area (TPSA) is 97.5 Å². The summed E-state index contributed by atoms with van der Waals surface area (Å²) < 4.78 is 14.6. The Morgan fingerprint density at radius 1 is 1.06 bits per heavy atom. The van der Waals surface area contributed by atoms with E-state index in [1.807, 2.05) is 51.1 Å². The first kappa shape index (κ1) is 38.2. The van der Waals surface area contributed by atoms with Crippen LogP contribution in [0.1, 0.15) is 95.4 Å². The lowest BCUT2D eigenvalue weighted by atomic mass is 9.72. The molecule has 3 aliphatic heterocycles. The van der Waals surface area contributed by atoms with Crippen molar-refractivity contribution >= 4 is 52.5 Å². The van der Waals surface area contributed by atoms with E-state index in [4.69, 9.17) is 14.3 Å². The highest BCUT2D eigenvalue weighted by molar-refractivity contribution is 7.14. The van der Waals surface area contributed by atoms with Gasteiger partial charge in [-0.1, -0.05) is 80.2 Å². The molecule has 2 saturated heterocycles. The van der Waals surface area contributed by atoms with Gasteiger partial charge in [-0.25, -0.2) is 9.37 Å². The number of fused-ring (bicyclic) bond motifs is 2. The van der Waals surface area contributed by atoms with E-state index in [9.17, 15) is 14.4 Å². The van der Waals surface area contributed by atoms with Crippen molar-refractivity contribution in [1.82, 2.24) is 4.90 Å². The number of oxime groups is 1. The van der Waals surface area contributed by atoms with Crippen molar-refractivity contribution in [3.63, 3.8) is 0 Å². The number of ether oxygens (including phenoxy) is 2. The lowest BCUT2D eigenvalue weighted by molar-refractivity contribution is -0.604. The minimum atomic E-state index is -1.02. The van der Waals surface area contributed by atoms with Crippen molar-refractivity contribution in [2.75, 3.05) is 7.05 Å². The Morgan fingerprint density at radius 2 is 1.83 bits per heavy atom. The van der Waals surface area contributed by atoms with E-state index in [2.05, 4.69) is 72.8 Å². The van der Waals surface area contributed by atoms with Gasteiger partial charge in [0, 0.05) is 37.1 Å². The average molecular weight is 739 g/mol. The van der Waals surface area contributed by atoms with E-state index in [-0.39, 0.29) is 41.2 Å². The monoisotopic (exact) mass is 738 g/mol. The lowest BCUT2D eigenvalue weighted by Crippen LogP contribution is -2.55. The predicted molar refractivity (Wildman–Crippen MR) is 208 cm³/mol. The molecule has 0 spiro atoms. The molecule has 4 heterocycles. The third-order valence-electron chi connectivity index (χ3n) is 11.6. The highest BCUT2D eigenvalue weighted by Crippen LogP contribution is 2.48. The molecular weight excluding hydrogens is 687 g/mol. The zero-order valence-corrected chi connectivity index (χ0v) is 32.8. The number of rotatable bonds is 6. The molecule has 53 heavy (non-hydrogen) atoms. The Balaban J connectivity index is 1.20. The summed E-state index contributed by atoms with van der Waals surface area (Å²) in [5, 5.41) is 6.55. The summed E-state index contributed by atoms with van der Waals surface area (Å²) in [6.07, 6.45) is 6.32. The summed E-state index contributed by atoms with van der Waals surface area (Å²) in [4.78, 5) is 49.1. The van der Waals surface area contributed by atoms with Crippen LogP contribution >= 0.6 is 11.3 Å². The summed E-state index contributed by atoms with van der Waals surface area (Å²) in [6, 6.07) is 18.4. The molecule has 9 nitrogen and oxygen atoms in total. The molecule has 2 aromatic carbocycles. The number of carbonyl (C=O) groups is 3. The minimum absolute atomic E-state index is 0.0426. The predicted octanol–water partition coefficient (Wildman–Crippen LogP) is 8.21. The van der Waals surface area contributed by atoms with Crippen LogP contribution in [0.25, 0.3) is 10.8 Å². The Hall–Kier alpha value is -4.49. The summed E-state index contributed by atoms with van der Waals surface area (Å²) in [6.45, 7) is 12.7. The van der Waals surface area contributed by atoms with Gasteiger partial charge in [0.25, 0.3) is 0 Å². The number of carbonyl (C=O) groups excluding carboxylic acids is 3. The molecule has 3 aromatic rings. The fraction of sp³-hybridized carbons (Fsp3) is 0.512. The van der Waals surface area contributed by atoms with Crippen LogP contribution < -0.4 is 0 Å². The van der Waals surface area contributed by atoms with Gasteiger partial charge >= 0.3 is 12.1 Å². The van der Waals surface area contributed by atoms with Crippen LogP contribution in [0.15, 0.2) is 59.8 Å². The molecule has 0 saturated carbocycles. The van der Waals surface area contributed by atoms with Gasteiger partial charge in [0.05, 0.1) is 22.9 Å². The van der Waals surface area contributed by atoms with Crippen LogP contribution in [0.4, 0.5) is 4.79 Å². The molecule has 1 aromatic heterocycles. The molecule has 3 aliphatic rings. The number of thiophene rings is 1. The van der Waals surface area contributed by atoms with Crippen molar-refractivity contribution in [2.24, 2.45) is 28.3 Å². The number of esters is 1.